The molecule has 0 bridgehead atoms. The number of anilines is 2. The summed E-state index contributed by atoms with van der Waals surface area (Å²) >= 11 is 12.2. The summed E-state index contributed by atoms with van der Waals surface area (Å²) in [5, 5.41) is 14.7. The van der Waals surface area contributed by atoms with Gasteiger partial charge in [-0.2, -0.15) is 13.2 Å². The van der Waals surface area contributed by atoms with Crippen LogP contribution in [0.15, 0.2) is 60.7 Å². The van der Waals surface area contributed by atoms with Gasteiger partial charge in [-0.15, -0.1) is 5.10 Å². The normalized spacial score (nSPS) is 11.6. The van der Waals surface area contributed by atoms with Gasteiger partial charge in [0.1, 0.15) is 0 Å². The molecule has 0 amide bonds. The zero-order valence-electron chi connectivity index (χ0n) is 17.7. The number of tetrazole rings is 1. The first-order valence-electron chi connectivity index (χ1n) is 10.2. The third kappa shape index (κ3) is 5.60. The first-order chi connectivity index (χ1) is 16.2. The number of nitrogens with zero attached hydrogens (tertiary/aromatic N) is 4. The number of halogens is 5. The van der Waals surface area contributed by atoms with Crippen LogP contribution in [-0.4, -0.2) is 33.3 Å². The summed E-state index contributed by atoms with van der Waals surface area (Å²) in [6.07, 6.45) is -5.32. The Hall–Kier alpha value is -3.30. The molecule has 6 nitrogen and oxygen atoms in total. The Kier molecular flexibility index (Phi) is 6.95. The molecule has 0 atom stereocenters. The fourth-order valence-electron chi connectivity index (χ4n) is 3.63. The molecule has 1 heterocycles. The number of hydrogen-bond acceptors (Lipinski definition) is 5. The van der Waals surface area contributed by atoms with Gasteiger partial charge in [0.25, 0.3) is 0 Å². The second-order valence-electron chi connectivity index (χ2n) is 7.59. The van der Waals surface area contributed by atoms with Crippen molar-refractivity contribution < 1.29 is 13.2 Å². The van der Waals surface area contributed by atoms with E-state index in [2.05, 4.69) is 20.6 Å². The number of H-pyrrole nitrogens is 1. The van der Waals surface area contributed by atoms with Crippen LogP contribution in [0.2, 0.25) is 10.0 Å². The number of benzene rings is 3. The van der Waals surface area contributed by atoms with Crippen LogP contribution < -0.4 is 10.6 Å². The molecule has 11 heteroatoms. The summed E-state index contributed by atoms with van der Waals surface area (Å²) in [6, 6.07) is 17.6. The molecule has 4 rings (SSSR count). The molecule has 176 valence electrons. The quantitative estimate of drug-likeness (QED) is 0.284. The molecule has 4 aromatic rings. The van der Waals surface area contributed by atoms with Gasteiger partial charge in [0.15, 0.2) is 5.82 Å². The third-order valence-electron chi connectivity index (χ3n) is 5.25. The van der Waals surface area contributed by atoms with Gasteiger partial charge in [-0.1, -0.05) is 59.6 Å². The van der Waals surface area contributed by atoms with Crippen molar-refractivity contribution in [1.82, 2.24) is 20.6 Å². The molecule has 3 N–H and O–H groups in total. The smallest absolute Gasteiger partial charge is 0.390 e. The second-order valence-corrected chi connectivity index (χ2v) is 8.44. The lowest BCUT2D eigenvalue weighted by molar-refractivity contribution is -0.132. The largest absolute Gasteiger partial charge is 0.397 e. The number of nitrogens with two attached hydrogens (primary N) is 1. The highest BCUT2D eigenvalue weighted by atomic mass is 35.5. The lowest BCUT2D eigenvalue weighted by atomic mass is 9.98. The summed E-state index contributed by atoms with van der Waals surface area (Å²) in [7, 11) is 0. The molecule has 0 radical (unpaired) electrons. The fourth-order valence-corrected chi connectivity index (χ4v) is 4.09. The number of nitrogens with one attached hydrogen (secondary N) is 1. The Balaban J connectivity index is 1.69. The maximum absolute atomic E-state index is 13.0. The molecule has 0 aliphatic heterocycles. The highest BCUT2D eigenvalue weighted by Crippen LogP contribution is 2.36. The van der Waals surface area contributed by atoms with Crippen molar-refractivity contribution in [3.05, 3.63) is 76.3 Å². The van der Waals surface area contributed by atoms with E-state index in [0.29, 0.717) is 32.8 Å². The standard InChI is InChI=1S/C23H19Cl2F3N6/c24-16-7-5-15(19(25)12-16)13-34(10-9-23(26,27)28)21-8-6-14(11-20(21)29)17-3-1-2-4-18(17)22-30-32-33-31-22/h1-8,11-12H,9-10,13,29H2,(H,30,31,32,33). The van der Waals surface area contributed by atoms with E-state index in [0.717, 1.165) is 16.7 Å². The van der Waals surface area contributed by atoms with Crippen LogP contribution in [-0.2, 0) is 6.54 Å². The second kappa shape index (κ2) is 9.90. The van der Waals surface area contributed by atoms with E-state index in [1.165, 1.54) is 0 Å². The number of aromatic amines is 1. The van der Waals surface area contributed by atoms with Crippen LogP contribution in [0, 0.1) is 0 Å². The minimum atomic E-state index is -4.32. The molecule has 0 spiro atoms. The number of hydrogen-bond donors (Lipinski definition) is 2. The molecule has 1 aromatic heterocycles. The van der Waals surface area contributed by atoms with E-state index in [1.54, 1.807) is 41.3 Å². The fraction of sp³-hybridized carbons (Fsp3) is 0.174. The number of aromatic nitrogens is 4. The highest BCUT2D eigenvalue weighted by molar-refractivity contribution is 6.35. The summed E-state index contributed by atoms with van der Waals surface area (Å²) in [4.78, 5) is 1.56. The van der Waals surface area contributed by atoms with Crippen molar-refractivity contribution in [3.8, 4) is 22.5 Å². The van der Waals surface area contributed by atoms with Gasteiger partial charge in [-0.3, -0.25) is 0 Å². The van der Waals surface area contributed by atoms with Crippen LogP contribution in [0.5, 0.6) is 0 Å². The molecule has 0 aliphatic carbocycles. The molecule has 0 fully saturated rings. The predicted molar refractivity (Wildman–Crippen MR) is 128 cm³/mol. The first-order valence-corrected chi connectivity index (χ1v) is 11.0. The number of nitrogen functional groups attached to an aromatic ring is 1. The molecule has 34 heavy (non-hydrogen) atoms. The molecular formula is C23H19Cl2F3N6. The van der Waals surface area contributed by atoms with E-state index >= 15 is 0 Å². The molecule has 0 aliphatic rings. The minimum absolute atomic E-state index is 0.135. The van der Waals surface area contributed by atoms with Crippen molar-refractivity contribution in [2.45, 2.75) is 19.1 Å². The zero-order chi connectivity index (χ0) is 24.3. The van der Waals surface area contributed by atoms with Crippen LogP contribution in [0.1, 0.15) is 12.0 Å². The summed E-state index contributed by atoms with van der Waals surface area (Å²) in [5.41, 5.74) is 10.2. The molecule has 3 aromatic carbocycles. The van der Waals surface area contributed by atoms with Gasteiger partial charge in [-0.25, -0.2) is 5.10 Å². The van der Waals surface area contributed by atoms with Crippen molar-refractivity contribution >= 4 is 34.6 Å². The van der Waals surface area contributed by atoms with Crippen LogP contribution in [0.4, 0.5) is 24.5 Å². The van der Waals surface area contributed by atoms with Crippen LogP contribution in [0.3, 0.4) is 0 Å². The highest BCUT2D eigenvalue weighted by Gasteiger charge is 2.28. The van der Waals surface area contributed by atoms with Gasteiger partial charge in [0.2, 0.25) is 0 Å². The van der Waals surface area contributed by atoms with Gasteiger partial charge in [-0.05, 0) is 51.4 Å². The van der Waals surface area contributed by atoms with Crippen molar-refractivity contribution in [1.29, 1.82) is 0 Å². The minimum Gasteiger partial charge on any atom is -0.397 e. The van der Waals surface area contributed by atoms with E-state index < -0.39 is 12.6 Å². The Morgan fingerprint density at radius 2 is 1.74 bits per heavy atom. The topological polar surface area (TPSA) is 83.7 Å². The Bertz CT molecular complexity index is 1280. The maximum atomic E-state index is 13.0. The first kappa shape index (κ1) is 23.8. The molecule has 0 saturated heterocycles. The lowest BCUT2D eigenvalue weighted by Crippen LogP contribution is -2.28. The third-order valence-corrected chi connectivity index (χ3v) is 5.84. The van der Waals surface area contributed by atoms with Gasteiger partial charge in [0.05, 0.1) is 17.8 Å². The Labute approximate surface area is 203 Å². The monoisotopic (exact) mass is 506 g/mol. The molecule has 0 saturated carbocycles. The van der Waals surface area contributed by atoms with Gasteiger partial charge in [0, 0.05) is 28.7 Å². The zero-order valence-corrected chi connectivity index (χ0v) is 19.2. The maximum Gasteiger partial charge on any atom is 0.390 e. The SMILES string of the molecule is Nc1cc(-c2ccccc2-c2nnn[nH]2)ccc1N(CCC(F)(F)F)Cc1ccc(Cl)cc1Cl. The van der Waals surface area contributed by atoms with E-state index in [-0.39, 0.29) is 13.1 Å². The lowest BCUT2D eigenvalue weighted by Gasteiger charge is -2.28. The Morgan fingerprint density at radius 3 is 2.38 bits per heavy atom. The Morgan fingerprint density at radius 1 is 0.971 bits per heavy atom. The van der Waals surface area contributed by atoms with Crippen LogP contribution >= 0.6 is 23.2 Å². The average Bonchev–Trinajstić information content (AvgIpc) is 3.32. The summed E-state index contributed by atoms with van der Waals surface area (Å²) in [6.45, 7) is -0.151. The summed E-state index contributed by atoms with van der Waals surface area (Å²) < 4.78 is 39.1. The van der Waals surface area contributed by atoms with Gasteiger partial charge >= 0.3 is 6.18 Å². The number of alkyl halides is 3. The van der Waals surface area contributed by atoms with Crippen molar-refractivity contribution in [3.63, 3.8) is 0 Å². The molecule has 0 unspecified atom stereocenters. The average molecular weight is 507 g/mol. The van der Waals surface area contributed by atoms with E-state index in [1.807, 2.05) is 24.3 Å². The van der Waals surface area contributed by atoms with Crippen molar-refractivity contribution in [2.75, 3.05) is 17.2 Å². The summed E-state index contributed by atoms with van der Waals surface area (Å²) in [5.74, 6) is 0.488. The van der Waals surface area contributed by atoms with Crippen LogP contribution in [0.25, 0.3) is 22.5 Å². The van der Waals surface area contributed by atoms with E-state index in [9.17, 15) is 13.2 Å². The predicted octanol–water partition coefficient (Wildman–Crippen LogP) is 6.38. The van der Waals surface area contributed by atoms with E-state index in [4.69, 9.17) is 28.9 Å². The van der Waals surface area contributed by atoms with Gasteiger partial charge < -0.3 is 10.6 Å². The number of rotatable bonds is 7. The van der Waals surface area contributed by atoms with Crippen molar-refractivity contribution in [2.24, 2.45) is 0 Å². The molecular weight excluding hydrogens is 488 g/mol.